The first-order valence-electron chi connectivity index (χ1n) is 7.04. The van der Waals surface area contributed by atoms with Gasteiger partial charge in [0.25, 0.3) is 0 Å². The van der Waals surface area contributed by atoms with Crippen LogP contribution in [-0.4, -0.2) is 23.6 Å². The summed E-state index contributed by atoms with van der Waals surface area (Å²) in [5, 5.41) is 0. The molecule has 127 valence electrons. The zero-order valence-corrected chi connectivity index (χ0v) is 13.0. The Morgan fingerprint density at radius 3 is 1.00 bits per heavy atom. The summed E-state index contributed by atoms with van der Waals surface area (Å²) in [5.41, 5.74) is 21.5. The maximum atomic E-state index is 11.7. The molecule has 0 bridgehead atoms. The lowest BCUT2D eigenvalue weighted by molar-refractivity contribution is 0.0985. The Morgan fingerprint density at radius 1 is 0.560 bits per heavy atom. The summed E-state index contributed by atoms with van der Waals surface area (Å²) in [6.45, 7) is 0. The summed E-state index contributed by atoms with van der Waals surface area (Å²) in [5.74, 6) is -3.25. The van der Waals surface area contributed by atoms with Crippen molar-refractivity contribution < 1.29 is 19.2 Å². The highest BCUT2D eigenvalue weighted by atomic mass is 16.2. The van der Waals surface area contributed by atoms with Crippen molar-refractivity contribution in [1.82, 2.24) is 0 Å². The molecule has 0 aliphatic rings. The lowest BCUT2D eigenvalue weighted by atomic mass is 9.89. The van der Waals surface area contributed by atoms with E-state index in [0.717, 1.165) is 0 Å². The molecule has 0 saturated heterocycles. The highest BCUT2D eigenvalue weighted by Crippen LogP contribution is 2.25. The smallest absolute Gasteiger partial charge is 0.249 e. The molecule has 0 aliphatic heterocycles. The summed E-state index contributed by atoms with van der Waals surface area (Å²) in [7, 11) is 0. The van der Waals surface area contributed by atoms with Crippen molar-refractivity contribution >= 4 is 23.6 Å². The largest absolute Gasteiger partial charge is 0.366 e. The van der Waals surface area contributed by atoms with Crippen LogP contribution in [-0.2, 0) is 0 Å². The Bertz CT molecular complexity index is 768. The molecule has 0 fully saturated rings. The zero-order chi connectivity index (χ0) is 18.7. The number of carbonyl (C=O) groups is 4. The van der Waals surface area contributed by atoms with Crippen LogP contribution in [0.5, 0.6) is 0 Å². The first-order chi connectivity index (χ1) is 11.7. The standard InChI is InChI=1S/C17H15N4O4/c18-14(22)8-3-1-4-9(15(19)23)12(8)7-13-10(16(20)24)5-2-6-11(13)17(21)25/h1-7H,(H2,18,22)(H2,19,23)(H2,20,24)(H2,21,25). The number of carbonyl (C=O) groups excluding carboxylic acids is 4. The van der Waals surface area contributed by atoms with Crippen LogP contribution in [0.1, 0.15) is 52.6 Å². The molecule has 0 unspecified atom stereocenters. The second-order valence-electron chi connectivity index (χ2n) is 5.13. The Morgan fingerprint density at radius 2 is 0.800 bits per heavy atom. The normalized spacial score (nSPS) is 10.2. The SMILES string of the molecule is NC(=O)c1cccc(C(N)=O)c1[CH]c1c(C(N)=O)cccc1C(N)=O. The van der Waals surface area contributed by atoms with E-state index in [-0.39, 0.29) is 33.4 Å². The van der Waals surface area contributed by atoms with E-state index >= 15 is 0 Å². The van der Waals surface area contributed by atoms with Crippen LogP contribution >= 0.6 is 0 Å². The van der Waals surface area contributed by atoms with Gasteiger partial charge in [0.2, 0.25) is 23.6 Å². The second kappa shape index (κ2) is 6.83. The third-order valence-electron chi connectivity index (χ3n) is 3.56. The topological polar surface area (TPSA) is 172 Å². The van der Waals surface area contributed by atoms with Gasteiger partial charge in [0.1, 0.15) is 0 Å². The number of hydrogen-bond donors (Lipinski definition) is 4. The number of rotatable bonds is 6. The molecule has 0 atom stereocenters. The molecular formula is C17H15N4O4. The molecule has 8 heteroatoms. The van der Waals surface area contributed by atoms with E-state index in [4.69, 9.17) is 22.9 Å². The van der Waals surface area contributed by atoms with Crippen molar-refractivity contribution in [1.29, 1.82) is 0 Å². The molecule has 25 heavy (non-hydrogen) atoms. The average Bonchev–Trinajstić information content (AvgIpc) is 2.54. The van der Waals surface area contributed by atoms with Gasteiger partial charge in [-0.3, -0.25) is 19.2 Å². The fraction of sp³-hybridized carbons (Fsp3) is 0. The van der Waals surface area contributed by atoms with E-state index in [1.807, 2.05) is 0 Å². The predicted octanol–water partition coefficient (Wildman–Crippen LogP) is -0.317. The maximum Gasteiger partial charge on any atom is 0.249 e. The van der Waals surface area contributed by atoms with Crippen LogP contribution < -0.4 is 22.9 Å². The van der Waals surface area contributed by atoms with Gasteiger partial charge in [0, 0.05) is 28.7 Å². The highest BCUT2D eigenvalue weighted by Gasteiger charge is 2.22. The molecule has 0 heterocycles. The van der Waals surface area contributed by atoms with Crippen molar-refractivity contribution in [2.24, 2.45) is 22.9 Å². The molecule has 2 aromatic rings. The number of nitrogens with two attached hydrogens (primary N) is 4. The van der Waals surface area contributed by atoms with Crippen LogP contribution in [0.15, 0.2) is 36.4 Å². The minimum absolute atomic E-state index is 0.00834. The van der Waals surface area contributed by atoms with Crippen molar-refractivity contribution in [2.45, 2.75) is 0 Å². The van der Waals surface area contributed by atoms with E-state index in [1.165, 1.54) is 42.8 Å². The van der Waals surface area contributed by atoms with Crippen LogP contribution in [0, 0.1) is 6.42 Å². The van der Waals surface area contributed by atoms with Crippen molar-refractivity contribution in [3.8, 4) is 0 Å². The molecule has 2 aromatic carbocycles. The Kier molecular flexibility index (Phi) is 4.83. The summed E-state index contributed by atoms with van der Waals surface area (Å²) in [4.78, 5) is 46.8. The van der Waals surface area contributed by atoms with E-state index in [0.29, 0.717) is 0 Å². The third kappa shape index (κ3) is 3.47. The van der Waals surface area contributed by atoms with Gasteiger partial charge in [-0.15, -0.1) is 0 Å². The molecule has 0 aromatic heterocycles. The lowest BCUT2D eigenvalue weighted by Gasteiger charge is -2.15. The summed E-state index contributed by atoms with van der Waals surface area (Å²) in [6.07, 6.45) is 1.28. The van der Waals surface area contributed by atoms with Gasteiger partial charge in [-0.05, 0) is 35.4 Å². The molecule has 0 saturated carbocycles. The van der Waals surface area contributed by atoms with Gasteiger partial charge in [0.15, 0.2) is 0 Å². The van der Waals surface area contributed by atoms with Crippen molar-refractivity contribution in [2.75, 3.05) is 0 Å². The fourth-order valence-corrected chi connectivity index (χ4v) is 2.45. The maximum absolute atomic E-state index is 11.7. The minimum atomic E-state index is -0.813. The highest BCUT2D eigenvalue weighted by molar-refractivity contribution is 6.05. The number of primary amides is 4. The number of amides is 4. The number of hydrogen-bond acceptors (Lipinski definition) is 4. The lowest BCUT2D eigenvalue weighted by Crippen LogP contribution is -2.22. The second-order valence-corrected chi connectivity index (χ2v) is 5.13. The predicted molar refractivity (Wildman–Crippen MR) is 89.5 cm³/mol. The molecule has 4 amide bonds. The van der Waals surface area contributed by atoms with Gasteiger partial charge in [-0.2, -0.15) is 0 Å². The molecule has 2 rings (SSSR count). The Hall–Kier alpha value is -3.68. The molecular weight excluding hydrogens is 324 g/mol. The fourth-order valence-electron chi connectivity index (χ4n) is 2.45. The first kappa shape index (κ1) is 17.7. The van der Waals surface area contributed by atoms with Gasteiger partial charge in [-0.1, -0.05) is 12.1 Å². The monoisotopic (exact) mass is 339 g/mol. The molecule has 8 nitrogen and oxygen atoms in total. The average molecular weight is 339 g/mol. The molecule has 8 N–H and O–H groups in total. The van der Waals surface area contributed by atoms with Gasteiger partial charge >= 0.3 is 0 Å². The molecule has 0 aliphatic carbocycles. The summed E-state index contributed by atoms with van der Waals surface area (Å²) < 4.78 is 0. The van der Waals surface area contributed by atoms with Crippen molar-refractivity contribution in [3.63, 3.8) is 0 Å². The van der Waals surface area contributed by atoms with Crippen molar-refractivity contribution in [3.05, 3.63) is 76.2 Å². The van der Waals surface area contributed by atoms with Crippen LogP contribution in [0.3, 0.4) is 0 Å². The summed E-state index contributed by atoms with van der Waals surface area (Å²) in [6, 6.07) is 8.42. The van der Waals surface area contributed by atoms with Gasteiger partial charge < -0.3 is 22.9 Å². The van der Waals surface area contributed by atoms with Gasteiger partial charge in [0.05, 0.1) is 0 Å². The summed E-state index contributed by atoms with van der Waals surface area (Å²) >= 11 is 0. The van der Waals surface area contributed by atoms with Crippen LogP contribution in [0.4, 0.5) is 0 Å². The van der Waals surface area contributed by atoms with E-state index < -0.39 is 23.6 Å². The Labute approximate surface area is 142 Å². The number of benzene rings is 2. The van der Waals surface area contributed by atoms with E-state index in [1.54, 1.807) is 0 Å². The Balaban J connectivity index is 2.76. The van der Waals surface area contributed by atoms with E-state index in [9.17, 15) is 19.2 Å². The van der Waals surface area contributed by atoms with Crippen LogP contribution in [0.2, 0.25) is 0 Å². The third-order valence-corrected chi connectivity index (χ3v) is 3.56. The van der Waals surface area contributed by atoms with Gasteiger partial charge in [-0.25, -0.2) is 0 Å². The van der Waals surface area contributed by atoms with Crippen LogP contribution in [0.25, 0.3) is 0 Å². The quantitative estimate of drug-likeness (QED) is 0.565. The molecule has 1 radical (unpaired) electrons. The first-order valence-corrected chi connectivity index (χ1v) is 7.04. The minimum Gasteiger partial charge on any atom is -0.366 e. The van der Waals surface area contributed by atoms with E-state index in [2.05, 4.69) is 0 Å². The molecule has 0 spiro atoms. The zero-order valence-electron chi connectivity index (χ0n) is 13.0.